The summed E-state index contributed by atoms with van der Waals surface area (Å²) >= 11 is 0. The van der Waals surface area contributed by atoms with Crippen LogP contribution < -0.4 is 10.1 Å². The highest BCUT2D eigenvalue weighted by atomic mass is 19.4. The first-order chi connectivity index (χ1) is 11.7. The summed E-state index contributed by atoms with van der Waals surface area (Å²) in [4.78, 5) is 22.8. The summed E-state index contributed by atoms with van der Waals surface area (Å²) in [5.74, 6) is -1.21. The van der Waals surface area contributed by atoms with Crippen LogP contribution in [0.5, 0.6) is 5.75 Å². The van der Waals surface area contributed by atoms with Gasteiger partial charge in [-0.3, -0.25) is 9.59 Å². The van der Waals surface area contributed by atoms with E-state index in [1.165, 1.54) is 12.1 Å². The number of carboxylic acid groups (broad SMARTS) is 1. The zero-order valence-electron chi connectivity index (χ0n) is 13.3. The Morgan fingerprint density at radius 2 is 1.80 bits per heavy atom. The number of nitrogens with one attached hydrogen (secondary N) is 1. The molecular formula is C17H18F3NO4. The third kappa shape index (κ3) is 4.64. The molecule has 1 aromatic rings. The Balaban J connectivity index is 1.45. The molecule has 0 aliphatic heterocycles. The van der Waals surface area contributed by atoms with Crippen LogP contribution in [0.4, 0.5) is 13.2 Å². The molecule has 0 aromatic heterocycles. The van der Waals surface area contributed by atoms with Gasteiger partial charge in [0.1, 0.15) is 5.75 Å². The molecule has 1 aromatic carbocycles. The Morgan fingerprint density at radius 1 is 1.16 bits per heavy atom. The van der Waals surface area contributed by atoms with Crippen LogP contribution in [0.1, 0.15) is 37.2 Å². The smallest absolute Gasteiger partial charge is 0.481 e. The van der Waals surface area contributed by atoms with Gasteiger partial charge in [0.15, 0.2) is 0 Å². The molecule has 0 unspecified atom stereocenters. The van der Waals surface area contributed by atoms with Crippen molar-refractivity contribution in [2.45, 2.75) is 44.0 Å². The number of carboxylic acids is 1. The van der Waals surface area contributed by atoms with Crippen molar-refractivity contribution in [3.05, 3.63) is 29.8 Å². The fourth-order valence-corrected chi connectivity index (χ4v) is 3.35. The predicted molar refractivity (Wildman–Crippen MR) is 80.9 cm³/mol. The van der Waals surface area contributed by atoms with E-state index < -0.39 is 12.3 Å². The lowest BCUT2D eigenvalue weighted by Gasteiger charge is -2.35. The van der Waals surface area contributed by atoms with Crippen LogP contribution in [-0.2, 0) is 9.59 Å². The molecule has 2 atom stereocenters. The topological polar surface area (TPSA) is 75.6 Å². The summed E-state index contributed by atoms with van der Waals surface area (Å²) in [7, 11) is 0. The van der Waals surface area contributed by atoms with Crippen molar-refractivity contribution in [1.29, 1.82) is 0 Å². The molecule has 2 aliphatic rings. The third-order valence-electron chi connectivity index (χ3n) is 4.71. The van der Waals surface area contributed by atoms with Crippen molar-refractivity contribution in [2.75, 3.05) is 0 Å². The van der Waals surface area contributed by atoms with Crippen LogP contribution in [0.15, 0.2) is 24.3 Å². The first-order valence-electron chi connectivity index (χ1n) is 8.09. The second kappa shape index (κ2) is 6.57. The largest absolute Gasteiger partial charge is 0.573 e. The van der Waals surface area contributed by atoms with Gasteiger partial charge in [0.05, 0.1) is 0 Å². The molecule has 2 fully saturated rings. The quantitative estimate of drug-likeness (QED) is 0.821. The summed E-state index contributed by atoms with van der Waals surface area (Å²) < 4.78 is 40.2. The SMILES string of the molecule is O=C(O)CC1CC(NC(=O)[C@@H]2C[C@H]2c2ccc(OC(F)(F)F)cc2)C1. The van der Waals surface area contributed by atoms with Crippen LogP contribution in [0, 0.1) is 11.8 Å². The molecule has 0 heterocycles. The van der Waals surface area contributed by atoms with Gasteiger partial charge < -0.3 is 15.2 Å². The van der Waals surface area contributed by atoms with Crippen molar-refractivity contribution < 1.29 is 32.6 Å². The number of alkyl halides is 3. The van der Waals surface area contributed by atoms with Gasteiger partial charge >= 0.3 is 12.3 Å². The highest BCUT2D eigenvalue weighted by Crippen LogP contribution is 2.48. The van der Waals surface area contributed by atoms with Crippen LogP contribution >= 0.6 is 0 Å². The Morgan fingerprint density at radius 3 is 2.36 bits per heavy atom. The van der Waals surface area contributed by atoms with E-state index in [2.05, 4.69) is 10.1 Å². The van der Waals surface area contributed by atoms with E-state index in [1.54, 1.807) is 12.1 Å². The number of carbonyl (C=O) groups excluding carboxylic acids is 1. The first kappa shape index (κ1) is 17.6. The van der Waals surface area contributed by atoms with E-state index in [-0.39, 0.29) is 41.9 Å². The van der Waals surface area contributed by atoms with Gasteiger partial charge in [-0.05, 0) is 48.8 Å². The van der Waals surface area contributed by atoms with Crippen molar-refractivity contribution in [2.24, 2.45) is 11.8 Å². The average Bonchev–Trinajstić information content (AvgIpc) is 3.24. The maximum absolute atomic E-state index is 12.2. The molecule has 0 radical (unpaired) electrons. The highest BCUT2D eigenvalue weighted by Gasteiger charge is 2.45. The van der Waals surface area contributed by atoms with Crippen molar-refractivity contribution in [3.63, 3.8) is 0 Å². The van der Waals surface area contributed by atoms with Crippen LogP contribution in [0.3, 0.4) is 0 Å². The van der Waals surface area contributed by atoms with E-state index in [9.17, 15) is 22.8 Å². The number of aliphatic carboxylic acids is 1. The number of hydrogen-bond donors (Lipinski definition) is 2. The fraction of sp³-hybridized carbons (Fsp3) is 0.529. The second-order valence-electron chi connectivity index (χ2n) is 6.71. The van der Waals surface area contributed by atoms with Crippen LogP contribution in [-0.4, -0.2) is 29.4 Å². The number of amides is 1. The molecule has 136 valence electrons. The van der Waals surface area contributed by atoms with Gasteiger partial charge in [0.2, 0.25) is 5.91 Å². The molecule has 3 rings (SSSR count). The fourth-order valence-electron chi connectivity index (χ4n) is 3.35. The van der Waals surface area contributed by atoms with Crippen LogP contribution in [0.25, 0.3) is 0 Å². The van der Waals surface area contributed by atoms with Gasteiger partial charge in [-0.25, -0.2) is 0 Å². The molecule has 8 heteroatoms. The van der Waals surface area contributed by atoms with Gasteiger partial charge in [-0.2, -0.15) is 0 Å². The van der Waals surface area contributed by atoms with E-state index in [0.29, 0.717) is 19.3 Å². The van der Waals surface area contributed by atoms with Gasteiger partial charge in [0.25, 0.3) is 0 Å². The summed E-state index contributed by atoms with van der Waals surface area (Å²) in [6.07, 6.45) is -2.57. The minimum atomic E-state index is -4.72. The first-order valence-corrected chi connectivity index (χ1v) is 8.09. The summed E-state index contributed by atoms with van der Waals surface area (Å²) in [5.41, 5.74) is 0.812. The molecule has 0 bridgehead atoms. The van der Waals surface area contributed by atoms with E-state index in [4.69, 9.17) is 5.11 Å². The molecule has 2 aliphatic carbocycles. The van der Waals surface area contributed by atoms with E-state index >= 15 is 0 Å². The number of carbonyl (C=O) groups is 2. The molecule has 2 N–H and O–H groups in total. The molecule has 0 saturated heterocycles. The predicted octanol–water partition coefficient (Wildman–Crippen LogP) is 3.06. The lowest BCUT2D eigenvalue weighted by molar-refractivity contribution is -0.274. The maximum Gasteiger partial charge on any atom is 0.573 e. The Labute approximate surface area is 142 Å². The molecule has 0 spiro atoms. The third-order valence-corrected chi connectivity index (χ3v) is 4.71. The Hall–Kier alpha value is -2.25. The number of halogens is 3. The van der Waals surface area contributed by atoms with Crippen LogP contribution in [0.2, 0.25) is 0 Å². The molecule has 2 saturated carbocycles. The molecule has 5 nitrogen and oxygen atoms in total. The summed E-state index contributed by atoms with van der Waals surface area (Å²) in [5, 5.41) is 11.6. The lowest BCUT2D eigenvalue weighted by atomic mass is 9.78. The number of ether oxygens (including phenoxy) is 1. The Bertz CT molecular complexity index is 653. The minimum Gasteiger partial charge on any atom is -0.481 e. The number of hydrogen-bond acceptors (Lipinski definition) is 3. The highest BCUT2D eigenvalue weighted by molar-refractivity contribution is 5.83. The summed E-state index contributed by atoms with van der Waals surface area (Å²) in [6, 6.07) is 5.62. The Kier molecular flexibility index (Phi) is 4.62. The van der Waals surface area contributed by atoms with Gasteiger partial charge in [-0.1, -0.05) is 12.1 Å². The second-order valence-corrected chi connectivity index (χ2v) is 6.71. The number of benzene rings is 1. The zero-order chi connectivity index (χ0) is 18.2. The van der Waals surface area contributed by atoms with Crippen molar-refractivity contribution in [3.8, 4) is 5.75 Å². The van der Waals surface area contributed by atoms with Crippen molar-refractivity contribution >= 4 is 11.9 Å². The monoisotopic (exact) mass is 357 g/mol. The minimum absolute atomic E-state index is 0.00910. The summed E-state index contributed by atoms with van der Waals surface area (Å²) in [6.45, 7) is 0. The van der Waals surface area contributed by atoms with E-state index in [1.807, 2.05) is 0 Å². The lowest BCUT2D eigenvalue weighted by Crippen LogP contribution is -2.45. The van der Waals surface area contributed by atoms with Gasteiger partial charge in [-0.15, -0.1) is 13.2 Å². The van der Waals surface area contributed by atoms with E-state index in [0.717, 1.165) is 5.56 Å². The molecule has 25 heavy (non-hydrogen) atoms. The van der Waals surface area contributed by atoms with Crippen molar-refractivity contribution in [1.82, 2.24) is 5.32 Å². The van der Waals surface area contributed by atoms with Gasteiger partial charge in [0, 0.05) is 18.4 Å². The standard InChI is InChI=1S/C17H18F3NO4/c18-17(19,20)25-12-3-1-10(2-4-12)13-8-14(13)16(24)21-11-5-9(6-11)7-15(22)23/h1-4,9,11,13-14H,5-8H2,(H,21,24)(H,22,23)/t9?,11?,13-,14+/m0/s1. The molecule has 1 amide bonds. The zero-order valence-corrected chi connectivity index (χ0v) is 13.3. The molecular weight excluding hydrogens is 339 g/mol. The number of rotatable bonds is 6. The normalized spacial score (nSPS) is 28.0. The maximum atomic E-state index is 12.2. The average molecular weight is 357 g/mol.